The summed E-state index contributed by atoms with van der Waals surface area (Å²) in [5, 5.41) is 2.01. The average Bonchev–Trinajstić information content (AvgIpc) is 2.73. The molecular formula is C23H26N2O3S. The number of fused-ring (bicyclic) bond motifs is 1. The number of thioether (sulfide) groups is 1. The summed E-state index contributed by atoms with van der Waals surface area (Å²) in [4.78, 5) is 19.0. The highest BCUT2D eigenvalue weighted by molar-refractivity contribution is 7.99. The summed E-state index contributed by atoms with van der Waals surface area (Å²) in [5.41, 5.74) is 3.11. The number of hydrogen-bond donors (Lipinski definition) is 0. The third-order valence-corrected chi connectivity index (χ3v) is 5.51. The van der Waals surface area contributed by atoms with Crippen molar-refractivity contribution >= 4 is 28.6 Å². The number of para-hydroxylation sites is 1. The molecule has 3 aromatic rings. The average molecular weight is 411 g/mol. The van der Waals surface area contributed by atoms with E-state index in [1.165, 1.54) is 17.3 Å². The SMILES string of the molecule is CCOc1ccc(CN(C)C(=O)CSc2cc(C)c3ccccc3n2)cc1OC. The first-order valence-corrected chi connectivity index (χ1v) is 10.5. The second kappa shape index (κ2) is 9.65. The number of benzene rings is 2. The zero-order chi connectivity index (χ0) is 20.8. The van der Waals surface area contributed by atoms with E-state index >= 15 is 0 Å². The van der Waals surface area contributed by atoms with E-state index in [4.69, 9.17) is 9.47 Å². The van der Waals surface area contributed by atoms with Gasteiger partial charge in [0.15, 0.2) is 11.5 Å². The second-order valence-corrected chi connectivity index (χ2v) is 7.75. The number of ether oxygens (including phenoxy) is 2. The molecule has 0 N–H and O–H groups in total. The summed E-state index contributed by atoms with van der Waals surface area (Å²) in [6.45, 7) is 5.09. The lowest BCUT2D eigenvalue weighted by Gasteiger charge is -2.18. The molecule has 0 atom stereocenters. The summed E-state index contributed by atoms with van der Waals surface area (Å²) < 4.78 is 10.9. The lowest BCUT2D eigenvalue weighted by Crippen LogP contribution is -2.27. The molecule has 0 saturated heterocycles. The molecule has 3 rings (SSSR count). The molecule has 0 bridgehead atoms. The van der Waals surface area contributed by atoms with Crippen LogP contribution in [0.5, 0.6) is 11.5 Å². The number of aromatic nitrogens is 1. The number of nitrogens with zero attached hydrogens (tertiary/aromatic N) is 2. The van der Waals surface area contributed by atoms with Crippen molar-refractivity contribution in [2.75, 3.05) is 26.5 Å². The highest BCUT2D eigenvalue weighted by Gasteiger charge is 2.13. The van der Waals surface area contributed by atoms with Crippen LogP contribution in [0, 0.1) is 6.92 Å². The van der Waals surface area contributed by atoms with Crippen LogP contribution < -0.4 is 9.47 Å². The van der Waals surface area contributed by atoms with Gasteiger partial charge in [0, 0.05) is 19.0 Å². The molecule has 1 heterocycles. The van der Waals surface area contributed by atoms with Crippen LogP contribution in [0.15, 0.2) is 53.6 Å². The van der Waals surface area contributed by atoms with Gasteiger partial charge in [-0.2, -0.15) is 0 Å². The summed E-state index contributed by atoms with van der Waals surface area (Å²) in [6.07, 6.45) is 0. The first-order chi connectivity index (χ1) is 14.0. The lowest BCUT2D eigenvalue weighted by atomic mass is 10.1. The topological polar surface area (TPSA) is 51.7 Å². The van der Waals surface area contributed by atoms with Gasteiger partial charge in [0.25, 0.3) is 0 Å². The Morgan fingerprint density at radius 2 is 1.93 bits per heavy atom. The summed E-state index contributed by atoms with van der Waals surface area (Å²) in [5.74, 6) is 1.78. The third-order valence-electron chi connectivity index (χ3n) is 4.62. The van der Waals surface area contributed by atoms with Crippen molar-refractivity contribution in [3.63, 3.8) is 0 Å². The van der Waals surface area contributed by atoms with Crippen LogP contribution in [-0.2, 0) is 11.3 Å². The minimum atomic E-state index is 0.0514. The number of pyridine rings is 1. The Morgan fingerprint density at radius 1 is 1.14 bits per heavy atom. The van der Waals surface area contributed by atoms with Crippen molar-refractivity contribution in [2.45, 2.75) is 25.4 Å². The number of methoxy groups -OCH3 is 1. The Hall–Kier alpha value is -2.73. The van der Waals surface area contributed by atoms with E-state index in [1.54, 1.807) is 12.0 Å². The fourth-order valence-corrected chi connectivity index (χ4v) is 4.00. The predicted octanol–water partition coefficient (Wildman–Crippen LogP) is 4.70. The second-order valence-electron chi connectivity index (χ2n) is 6.75. The van der Waals surface area contributed by atoms with Crippen molar-refractivity contribution in [3.05, 3.63) is 59.7 Å². The van der Waals surface area contributed by atoms with Crippen LogP contribution in [0.3, 0.4) is 0 Å². The lowest BCUT2D eigenvalue weighted by molar-refractivity contribution is -0.127. The molecule has 0 radical (unpaired) electrons. The Balaban J connectivity index is 1.62. The van der Waals surface area contributed by atoms with Crippen LogP contribution >= 0.6 is 11.8 Å². The normalized spacial score (nSPS) is 10.8. The summed E-state index contributed by atoms with van der Waals surface area (Å²) >= 11 is 1.47. The van der Waals surface area contributed by atoms with E-state index in [0.29, 0.717) is 30.4 Å². The van der Waals surface area contributed by atoms with Crippen molar-refractivity contribution in [1.82, 2.24) is 9.88 Å². The maximum absolute atomic E-state index is 12.6. The fourth-order valence-electron chi connectivity index (χ4n) is 3.09. The van der Waals surface area contributed by atoms with Gasteiger partial charge in [-0.15, -0.1) is 0 Å². The van der Waals surface area contributed by atoms with E-state index in [9.17, 15) is 4.79 Å². The largest absolute Gasteiger partial charge is 0.493 e. The zero-order valence-electron chi connectivity index (χ0n) is 17.3. The van der Waals surface area contributed by atoms with Gasteiger partial charge in [-0.25, -0.2) is 4.98 Å². The first-order valence-electron chi connectivity index (χ1n) is 9.54. The van der Waals surface area contributed by atoms with Crippen molar-refractivity contribution in [3.8, 4) is 11.5 Å². The molecule has 0 spiro atoms. The van der Waals surface area contributed by atoms with Gasteiger partial charge >= 0.3 is 0 Å². The number of carbonyl (C=O) groups excluding carboxylic acids is 1. The van der Waals surface area contributed by atoms with Crippen LogP contribution in [0.4, 0.5) is 0 Å². The molecule has 0 aliphatic rings. The quantitative estimate of drug-likeness (QED) is 0.504. The first kappa shape index (κ1) is 21.0. The molecule has 5 nitrogen and oxygen atoms in total. The van der Waals surface area contributed by atoms with Crippen molar-refractivity contribution in [2.24, 2.45) is 0 Å². The van der Waals surface area contributed by atoms with Gasteiger partial charge in [0.1, 0.15) is 0 Å². The van der Waals surface area contributed by atoms with E-state index in [2.05, 4.69) is 18.0 Å². The highest BCUT2D eigenvalue weighted by Crippen LogP contribution is 2.29. The van der Waals surface area contributed by atoms with Gasteiger partial charge in [-0.1, -0.05) is 36.0 Å². The van der Waals surface area contributed by atoms with Gasteiger partial charge in [-0.05, 0) is 49.2 Å². The number of amides is 1. The fraction of sp³-hybridized carbons (Fsp3) is 0.304. The molecule has 0 aliphatic heterocycles. The molecule has 0 fully saturated rings. The third kappa shape index (κ3) is 5.21. The van der Waals surface area contributed by atoms with Gasteiger partial charge in [-0.3, -0.25) is 4.79 Å². The molecule has 6 heteroatoms. The molecular weight excluding hydrogens is 384 g/mol. The standard InChI is InChI=1S/C23H26N2O3S/c1-5-28-20-11-10-17(13-21(20)27-4)14-25(3)23(26)15-29-22-12-16(2)18-8-6-7-9-19(18)24-22/h6-13H,5,14-15H2,1-4H3. The van der Waals surface area contributed by atoms with Crippen LogP contribution in [0.2, 0.25) is 0 Å². The number of rotatable bonds is 8. The Morgan fingerprint density at radius 3 is 2.69 bits per heavy atom. The molecule has 152 valence electrons. The molecule has 0 saturated carbocycles. The summed E-state index contributed by atoms with van der Waals surface area (Å²) in [6, 6.07) is 15.8. The Labute approximate surface area is 176 Å². The minimum absolute atomic E-state index is 0.0514. The van der Waals surface area contributed by atoms with E-state index in [1.807, 2.05) is 56.4 Å². The Bertz CT molecular complexity index is 1010. The summed E-state index contributed by atoms with van der Waals surface area (Å²) in [7, 11) is 3.43. The van der Waals surface area contributed by atoms with Crippen LogP contribution in [0.25, 0.3) is 10.9 Å². The van der Waals surface area contributed by atoms with E-state index in [-0.39, 0.29) is 5.91 Å². The molecule has 29 heavy (non-hydrogen) atoms. The molecule has 0 aliphatic carbocycles. The molecule has 1 aromatic heterocycles. The maximum Gasteiger partial charge on any atom is 0.233 e. The molecule has 2 aromatic carbocycles. The monoisotopic (exact) mass is 410 g/mol. The highest BCUT2D eigenvalue weighted by atomic mass is 32.2. The molecule has 1 amide bonds. The van der Waals surface area contributed by atoms with Gasteiger partial charge < -0.3 is 14.4 Å². The van der Waals surface area contributed by atoms with Crippen LogP contribution in [0.1, 0.15) is 18.1 Å². The zero-order valence-corrected chi connectivity index (χ0v) is 18.1. The van der Waals surface area contributed by atoms with Gasteiger partial charge in [0.05, 0.1) is 30.0 Å². The predicted molar refractivity (Wildman–Crippen MR) is 118 cm³/mol. The number of carbonyl (C=O) groups is 1. The van der Waals surface area contributed by atoms with Crippen molar-refractivity contribution in [1.29, 1.82) is 0 Å². The molecule has 0 unspecified atom stereocenters. The smallest absolute Gasteiger partial charge is 0.233 e. The van der Waals surface area contributed by atoms with E-state index < -0.39 is 0 Å². The Kier molecular flexibility index (Phi) is 6.99. The minimum Gasteiger partial charge on any atom is -0.493 e. The van der Waals surface area contributed by atoms with Crippen molar-refractivity contribution < 1.29 is 14.3 Å². The number of aryl methyl sites for hydroxylation is 1. The van der Waals surface area contributed by atoms with E-state index in [0.717, 1.165) is 21.5 Å². The number of hydrogen-bond acceptors (Lipinski definition) is 5. The van der Waals surface area contributed by atoms with Gasteiger partial charge in [0.2, 0.25) is 5.91 Å². The maximum atomic E-state index is 12.6. The van der Waals surface area contributed by atoms with Crippen LogP contribution in [-0.4, -0.2) is 42.3 Å².